The molecule has 2 heterocycles. The molecule has 25 heavy (non-hydrogen) atoms. The lowest BCUT2D eigenvalue weighted by molar-refractivity contribution is -0.145. The van der Waals surface area contributed by atoms with E-state index in [0.29, 0.717) is 28.9 Å². The summed E-state index contributed by atoms with van der Waals surface area (Å²) in [5, 5.41) is 0.465. The topological polar surface area (TPSA) is 74.1 Å². The average molecular weight is 337 g/mol. The van der Waals surface area contributed by atoms with Gasteiger partial charge in [0.2, 0.25) is 0 Å². The second-order valence-corrected chi connectivity index (χ2v) is 6.16. The number of aromatic nitrogens is 3. The molecule has 0 unspecified atom stereocenters. The van der Waals surface area contributed by atoms with Crippen molar-refractivity contribution in [1.82, 2.24) is 14.5 Å². The van der Waals surface area contributed by atoms with Crippen LogP contribution in [0, 0.1) is 5.92 Å². The van der Waals surface area contributed by atoms with E-state index >= 15 is 0 Å². The first-order valence-corrected chi connectivity index (χ1v) is 8.12. The number of nitrogens with zero attached hydrogens (tertiary/aromatic N) is 3. The summed E-state index contributed by atoms with van der Waals surface area (Å²) in [4.78, 5) is 33.7. The smallest absolute Gasteiger partial charge is 0.326 e. The highest BCUT2D eigenvalue weighted by Gasteiger charge is 2.16. The molecule has 0 aliphatic carbocycles. The number of ether oxygens (including phenoxy) is 1. The Morgan fingerprint density at radius 1 is 1.20 bits per heavy atom. The summed E-state index contributed by atoms with van der Waals surface area (Å²) >= 11 is 0. The molecule has 1 aromatic carbocycles. The van der Waals surface area contributed by atoms with Crippen LogP contribution in [-0.4, -0.2) is 27.1 Å². The molecule has 0 spiro atoms. The zero-order valence-corrected chi connectivity index (χ0v) is 14.2. The van der Waals surface area contributed by atoms with Crippen LogP contribution in [0.2, 0.25) is 0 Å². The van der Waals surface area contributed by atoms with Gasteiger partial charge >= 0.3 is 5.97 Å². The second-order valence-electron chi connectivity index (χ2n) is 6.16. The second kappa shape index (κ2) is 7.25. The lowest BCUT2D eigenvalue weighted by Crippen LogP contribution is -2.28. The monoisotopic (exact) mass is 337 g/mol. The molecule has 0 N–H and O–H groups in total. The highest BCUT2D eigenvalue weighted by Crippen LogP contribution is 2.18. The summed E-state index contributed by atoms with van der Waals surface area (Å²) in [6.07, 6.45) is 3.26. The van der Waals surface area contributed by atoms with Gasteiger partial charge in [0.15, 0.2) is 0 Å². The van der Waals surface area contributed by atoms with Crippen LogP contribution in [-0.2, 0) is 16.1 Å². The van der Waals surface area contributed by atoms with Crippen molar-refractivity contribution in [2.24, 2.45) is 5.92 Å². The van der Waals surface area contributed by atoms with Gasteiger partial charge in [-0.15, -0.1) is 0 Å². The van der Waals surface area contributed by atoms with Gasteiger partial charge < -0.3 is 4.74 Å². The fraction of sp³-hybridized carbons (Fsp3) is 0.263. The standard InChI is InChI=1S/C19H19N3O3/c1-13(2)12-25-17(23)11-22-18(14-6-5-9-20-10-14)21-16-8-4-3-7-15(16)19(22)24/h3-10,13H,11-12H2,1-2H3. The predicted molar refractivity (Wildman–Crippen MR) is 95.0 cm³/mol. The molecule has 2 aromatic heterocycles. The summed E-state index contributed by atoms with van der Waals surface area (Å²) in [5.41, 5.74) is 0.978. The van der Waals surface area contributed by atoms with Gasteiger partial charge in [-0.25, -0.2) is 4.98 Å². The molecule has 0 bridgehead atoms. The maximum absolute atomic E-state index is 12.9. The maximum atomic E-state index is 12.9. The zero-order valence-electron chi connectivity index (χ0n) is 14.2. The Bertz CT molecular complexity index is 949. The SMILES string of the molecule is CC(C)COC(=O)Cn1c(-c2cccnc2)nc2ccccc2c1=O. The predicted octanol–water partition coefficient (Wildman–Crippen LogP) is 2.66. The van der Waals surface area contributed by atoms with Gasteiger partial charge in [0.1, 0.15) is 12.4 Å². The molecule has 128 valence electrons. The molecular weight excluding hydrogens is 318 g/mol. The van der Waals surface area contributed by atoms with E-state index in [1.807, 2.05) is 19.9 Å². The summed E-state index contributed by atoms with van der Waals surface area (Å²) in [7, 11) is 0. The van der Waals surface area contributed by atoms with Crippen LogP contribution in [0.25, 0.3) is 22.3 Å². The van der Waals surface area contributed by atoms with E-state index in [1.165, 1.54) is 4.57 Å². The summed E-state index contributed by atoms with van der Waals surface area (Å²) < 4.78 is 6.57. The van der Waals surface area contributed by atoms with Crippen molar-refractivity contribution in [3.8, 4) is 11.4 Å². The number of esters is 1. The zero-order chi connectivity index (χ0) is 17.8. The van der Waals surface area contributed by atoms with Crippen molar-refractivity contribution in [1.29, 1.82) is 0 Å². The van der Waals surface area contributed by atoms with Gasteiger partial charge in [-0.3, -0.25) is 19.1 Å². The first-order chi connectivity index (χ1) is 12.1. The molecule has 6 heteroatoms. The van der Waals surface area contributed by atoms with Crippen LogP contribution in [0.5, 0.6) is 0 Å². The van der Waals surface area contributed by atoms with Gasteiger partial charge in [-0.1, -0.05) is 26.0 Å². The largest absolute Gasteiger partial charge is 0.464 e. The summed E-state index contributed by atoms with van der Waals surface area (Å²) in [6.45, 7) is 4.04. The lowest BCUT2D eigenvalue weighted by Gasteiger charge is -2.13. The van der Waals surface area contributed by atoms with Crippen molar-refractivity contribution in [3.05, 3.63) is 59.1 Å². The van der Waals surface area contributed by atoms with Gasteiger partial charge in [0, 0.05) is 18.0 Å². The number of carbonyl (C=O) groups excluding carboxylic acids is 1. The molecule has 0 aliphatic rings. The Kier molecular flexibility index (Phi) is 4.88. The van der Waals surface area contributed by atoms with Gasteiger partial charge in [0.05, 0.1) is 17.5 Å². The number of carbonyl (C=O) groups is 1. The minimum Gasteiger partial charge on any atom is -0.464 e. The molecule has 3 aromatic rings. The van der Waals surface area contributed by atoms with Crippen LogP contribution >= 0.6 is 0 Å². The molecular formula is C19H19N3O3. The molecule has 0 radical (unpaired) electrons. The molecule has 0 aliphatic heterocycles. The first-order valence-electron chi connectivity index (χ1n) is 8.12. The third-order valence-electron chi connectivity index (χ3n) is 3.65. The fourth-order valence-corrected chi connectivity index (χ4v) is 2.46. The third kappa shape index (κ3) is 3.74. The number of fused-ring (bicyclic) bond motifs is 1. The lowest BCUT2D eigenvalue weighted by atomic mass is 10.2. The van der Waals surface area contributed by atoms with Crippen LogP contribution in [0.4, 0.5) is 0 Å². The van der Waals surface area contributed by atoms with E-state index in [1.54, 1.807) is 42.7 Å². The Morgan fingerprint density at radius 2 is 2.00 bits per heavy atom. The molecule has 0 saturated heterocycles. The van der Waals surface area contributed by atoms with Crippen molar-refractivity contribution in [3.63, 3.8) is 0 Å². The van der Waals surface area contributed by atoms with E-state index < -0.39 is 5.97 Å². The molecule has 0 amide bonds. The van der Waals surface area contributed by atoms with E-state index in [0.717, 1.165) is 0 Å². The van der Waals surface area contributed by atoms with Gasteiger partial charge in [-0.2, -0.15) is 0 Å². The Hall–Kier alpha value is -3.02. The van der Waals surface area contributed by atoms with E-state index in [9.17, 15) is 9.59 Å². The number of hydrogen-bond donors (Lipinski definition) is 0. The number of rotatable bonds is 5. The van der Waals surface area contributed by atoms with Crippen LogP contribution in [0.1, 0.15) is 13.8 Å². The van der Waals surface area contributed by atoms with Gasteiger partial charge in [0.25, 0.3) is 5.56 Å². The van der Waals surface area contributed by atoms with E-state index in [4.69, 9.17) is 4.74 Å². The summed E-state index contributed by atoms with van der Waals surface area (Å²) in [6, 6.07) is 10.6. The average Bonchev–Trinajstić information content (AvgIpc) is 2.63. The molecule has 0 saturated carbocycles. The highest BCUT2D eigenvalue weighted by atomic mass is 16.5. The van der Waals surface area contributed by atoms with Crippen molar-refractivity contribution < 1.29 is 9.53 Å². The normalized spacial score (nSPS) is 11.0. The molecule has 0 fully saturated rings. The number of benzene rings is 1. The van der Waals surface area contributed by atoms with Crippen LogP contribution < -0.4 is 5.56 Å². The first kappa shape index (κ1) is 16.8. The van der Waals surface area contributed by atoms with E-state index in [-0.39, 0.29) is 18.0 Å². The van der Waals surface area contributed by atoms with Crippen molar-refractivity contribution in [2.45, 2.75) is 20.4 Å². The summed E-state index contributed by atoms with van der Waals surface area (Å²) in [5.74, 6) is 0.171. The minimum absolute atomic E-state index is 0.187. The fourth-order valence-electron chi connectivity index (χ4n) is 2.46. The van der Waals surface area contributed by atoms with E-state index in [2.05, 4.69) is 9.97 Å². The Morgan fingerprint density at radius 3 is 2.72 bits per heavy atom. The van der Waals surface area contributed by atoms with Crippen molar-refractivity contribution >= 4 is 16.9 Å². The Balaban J connectivity index is 2.09. The van der Waals surface area contributed by atoms with Gasteiger partial charge in [-0.05, 0) is 30.2 Å². The number of pyridine rings is 1. The molecule has 6 nitrogen and oxygen atoms in total. The van der Waals surface area contributed by atoms with Crippen LogP contribution in [0.3, 0.4) is 0 Å². The third-order valence-corrected chi connectivity index (χ3v) is 3.65. The highest BCUT2D eigenvalue weighted by molar-refractivity contribution is 5.80. The maximum Gasteiger partial charge on any atom is 0.326 e. The number of para-hydroxylation sites is 1. The van der Waals surface area contributed by atoms with Crippen molar-refractivity contribution in [2.75, 3.05) is 6.61 Å². The Labute approximate surface area is 145 Å². The quantitative estimate of drug-likeness (QED) is 0.669. The minimum atomic E-state index is -0.460. The molecule has 3 rings (SSSR count). The van der Waals surface area contributed by atoms with Crippen LogP contribution in [0.15, 0.2) is 53.6 Å². The molecule has 0 atom stereocenters. The number of hydrogen-bond acceptors (Lipinski definition) is 5.